The summed E-state index contributed by atoms with van der Waals surface area (Å²) in [5, 5.41) is 4.65. The highest BCUT2D eigenvalue weighted by molar-refractivity contribution is 6.61. The molecule has 0 heterocycles. The molecule has 7 aromatic rings. The lowest BCUT2D eigenvalue weighted by Gasteiger charge is -2.09. The second kappa shape index (κ2) is 12.2. The van der Waals surface area contributed by atoms with E-state index in [9.17, 15) is 14.4 Å². The second-order valence-electron chi connectivity index (χ2n) is 13.7. The Balaban J connectivity index is 0.000000134. The number of benzene rings is 7. The van der Waals surface area contributed by atoms with Gasteiger partial charge >= 0.3 is 5.97 Å². The summed E-state index contributed by atoms with van der Waals surface area (Å²) in [5.41, 5.74) is 13.1. The van der Waals surface area contributed by atoms with Crippen molar-refractivity contribution in [2.75, 3.05) is 7.11 Å². The largest absolute Gasteiger partial charge is 0.465 e. The van der Waals surface area contributed by atoms with Crippen molar-refractivity contribution in [3.05, 3.63) is 208 Å². The summed E-state index contributed by atoms with van der Waals surface area (Å²) >= 11 is 0. The summed E-state index contributed by atoms with van der Waals surface area (Å²) in [6.45, 7) is 0. The lowest BCUT2D eigenvalue weighted by atomic mass is 9.93. The topological polar surface area (TPSA) is 60.4 Å². The third-order valence-electron chi connectivity index (χ3n) is 10.9. The van der Waals surface area contributed by atoms with Gasteiger partial charge in [0.05, 0.1) is 7.11 Å². The molecule has 4 aliphatic carbocycles. The van der Waals surface area contributed by atoms with Crippen LogP contribution < -0.4 is 0 Å². The van der Waals surface area contributed by atoms with Crippen molar-refractivity contribution < 1.29 is 19.1 Å². The summed E-state index contributed by atoms with van der Waals surface area (Å²) in [6.07, 6.45) is 0. The van der Waals surface area contributed by atoms with E-state index in [1.807, 2.05) is 127 Å². The van der Waals surface area contributed by atoms with Crippen molar-refractivity contribution in [1.29, 1.82) is 0 Å². The standard InChI is InChI=1S/C27H16O.C23H14O3/c28-27-23(18-9-3-1-4-10-18)25-20-15-7-13-17-14-8-16-21(22(17)20)26(25)24(27)19-11-5-2-6-12-19;1-26-23(25)21-20-16-12-6-10-13-9-5-11-15(17(13)16)19(20)18(22(21)24)14-7-3-2-4-8-14/h1-16H;2-12H,1H3. The van der Waals surface area contributed by atoms with Crippen molar-refractivity contribution in [2.45, 2.75) is 0 Å². The van der Waals surface area contributed by atoms with Gasteiger partial charge in [-0.25, -0.2) is 4.79 Å². The van der Waals surface area contributed by atoms with Gasteiger partial charge in [0.15, 0.2) is 5.78 Å². The van der Waals surface area contributed by atoms with E-state index in [0.29, 0.717) is 11.1 Å². The maximum absolute atomic E-state index is 13.7. The van der Waals surface area contributed by atoms with Gasteiger partial charge in [-0.05, 0) is 60.5 Å². The number of ether oxygens (including phenoxy) is 1. The molecule has 0 saturated heterocycles. The molecule has 0 radical (unpaired) electrons. The highest BCUT2D eigenvalue weighted by Crippen LogP contribution is 2.57. The molecule has 0 N–H and O–H groups in total. The molecule has 4 aliphatic rings. The highest BCUT2D eigenvalue weighted by Gasteiger charge is 2.43. The Kier molecular flexibility index (Phi) is 7.14. The molecule has 4 nitrogen and oxygen atoms in total. The van der Waals surface area contributed by atoms with E-state index in [1.165, 1.54) is 29.0 Å². The number of fused-ring (bicyclic) bond motifs is 6. The molecule has 0 spiro atoms. The van der Waals surface area contributed by atoms with Crippen LogP contribution >= 0.6 is 0 Å². The predicted octanol–water partition coefficient (Wildman–Crippen LogP) is 10.5. The van der Waals surface area contributed by atoms with Gasteiger partial charge in [-0.15, -0.1) is 0 Å². The number of carbonyl (C=O) groups excluding carboxylic acids is 3. The first-order chi connectivity index (χ1) is 26.6. The van der Waals surface area contributed by atoms with Gasteiger partial charge in [-0.2, -0.15) is 0 Å². The molecule has 0 aliphatic heterocycles. The Morgan fingerprint density at radius 2 is 0.704 bits per heavy atom. The Morgan fingerprint density at radius 3 is 1.07 bits per heavy atom. The molecule has 0 aromatic heterocycles. The summed E-state index contributed by atoms with van der Waals surface area (Å²) in [7, 11) is 1.31. The maximum Gasteiger partial charge on any atom is 0.342 e. The van der Waals surface area contributed by atoms with Gasteiger partial charge in [-0.1, -0.05) is 164 Å². The Morgan fingerprint density at radius 1 is 0.370 bits per heavy atom. The number of esters is 1. The van der Waals surface area contributed by atoms with Crippen LogP contribution in [0.2, 0.25) is 0 Å². The summed E-state index contributed by atoms with van der Waals surface area (Å²) in [6, 6.07) is 54.4. The van der Waals surface area contributed by atoms with E-state index in [2.05, 4.69) is 36.4 Å². The van der Waals surface area contributed by atoms with Gasteiger partial charge in [-0.3, -0.25) is 9.59 Å². The lowest BCUT2D eigenvalue weighted by Crippen LogP contribution is -2.14. The summed E-state index contributed by atoms with van der Waals surface area (Å²) in [4.78, 5) is 39.5. The van der Waals surface area contributed by atoms with Crippen molar-refractivity contribution in [2.24, 2.45) is 0 Å². The lowest BCUT2D eigenvalue weighted by molar-refractivity contribution is -0.137. The smallest absolute Gasteiger partial charge is 0.342 e. The average molecular weight is 695 g/mol. The van der Waals surface area contributed by atoms with Gasteiger partial charge in [0, 0.05) is 39.0 Å². The van der Waals surface area contributed by atoms with Crippen LogP contribution in [0.1, 0.15) is 38.9 Å². The summed E-state index contributed by atoms with van der Waals surface area (Å²) < 4.78 is 4.95. The second-order valence-corrected chi connectivity index (χ2v) is 13.7. The van der Waals surface area contributed by atoms with E-state index in [0.717, 1.165) is 66.5 Å². The molecule has 4 heteroatoms. The number of methoxy groups -OCH3 is 1. The maximum atomic E-state index is 13.7. The molecule has 0 fully saturated rings. The van der Waals surface area contributed by atoms with Crippen LogP contribution in [0.5, 0.6) is 0 Å². The molecule has 0 bridgehead atoms. The quantitative estimate of drug-likeness (QED) is 0.136. The molecule has 254 valence electrons. The van der Waals surface area contributed by atoms with Crippen LogP contribution in [0.3, 0.4) is 0 Å². The van der Waals surface area contributed by atoms with Crippen LogP contribution in [-0.4, -0.2) is 24.6 Å². The third-order valence-corrected chi connectivity index (χ3v) is 10.9. The van der Waals surface area contributed by atoms with Gasteiger partial charge in [0.25, 0.3) is 0 Å². The van der Waals surface area contributed by atoms with E-state index in [-0.39, 0.29) is 17.1 Å². The monoisotopic (exact) mass is 694 g/mol. The summed E-state index contributed by atoms with van der Waals surface area (Å²) in [5.74, 6) is -0.730. The molecular formula is C50H30O4. The molecule has 0 atom stereocenters. The third kappa shape index (κ3) is 4.47. The molecular weight excluding hydrogens is 665 g/mol. The fourth-order valence-electron chi connectivity index (χ4n) is 8.73. The zero-order valence-electron chi connectivity index (χ0n) is 29.2. The van der Waals surface area contributed by atoms with Crippen LogP contribution in [0, 0.1) is 0 Å². The minimum atomic E-state index is -0.585. The van der Waals surface area contributed by atoms with E-state index in [1.54, 1.807) is 0 Å². The van der Waals surface area contributed by atoms with Crippen molar-refractivity contribution in [3.8, 4) is 0 Å². The first kappa shape index (κ1) is 31.6. The number of ketones is 2. The van der Waals surface area contributed by atoms with Crippen molar-refractivity contribution in [1.82, 2.24) is 0 Å². The molecule has 7 aromatic carbocycles. The zero-order chi connectivity index (χ0) is 36.5. The molecule has 0 saturated carbocycles. The molecule has 0 unspecified atom stereocenters. The highest BCUT2D eigenvalue weighted by atomic mass is 16.5. The Hall–Kier alpha value is -7.17. The van der Waals surface area contributed by atoms with Crippen LogP contribution in [0.25, 0.3) is 60.6 Å². The van der Waals surface area contributed by atoms with E-state index >= 15 is 0 Å². The number of hydrogen-bond acceptors (Lipinski definition) is 4. The normalized spacial score (nSPS) is 15.0. The predicted molar refractivity (Wildman–Crippen MR) is 217 cm³/mol. The number of hydrogen-bond donors (Lipinski definition) is 0. The number of carbonyl (C=O) groups is 3. The Labute approximate surface area is 311 Å². The molecule has 11 rings (SSSR count). The minimum Gasteiger partial charge on any atom is -0.465 e. The molecule has 0 amide bonds. The number of Topliss-reactive ketones (excluding diaryl/α,β-unsaturated/α-hetero) is 2. The van der Waals surface area contributed by atoms with E-state index < -0.39 is 5.97 Å². The molecule has 54 heavy (non-hydrogen) atoms. The van der Waals surface area contributed by atoms with E-state index in [4.69, 9.17) is 4.74 Å². The van der Waals surface area contributed by atoms with Crippen LogP contribution in [0.4, 0.5) is 0 Å². The fraction of sp³-hybridized carbons (Fsp3) is 0.0200. The first-order valence-corrected chi connectivity index (χ1v) is 17.9. The van der Waals surface area contributed by atoms with Gasteiger partial charge < -0.3 is 4.74 Å². The fourth-order valence-corrected chi connectivity index (χ4v) is 8.73. The SMILES string of the molecule is COC(=O)C1=C2C(=C(c3ccccc3)C1=O)c1cccc3cccc2c13.O=C1C(c2ccccc2)=C2C(=C1c1ccccc1)c1cccc3cccc2c13. The van der Waals surface area contributed by atoms with Gasteiger partial charge in [0.1, 0.15) is 5.57 Å². The minimum absolute atomic E-state index is 0.119. The Bertz CT molecular complexity index is 2820. The van der Waals surface area contributed by atoms with Crippen molar-refractivity contribution >= 4 is 78.1 Å². The average Bonchev–Trinajstić information content (AvgIpc) is 3.92. The number of rotatable bonds is 4. The first-order valence-electron chi connectivity index (χ1n) is 17.9. The van der Waals surface area contributed by atoms with Gasteiger partial charge in [0.2, 0.25) is 5.78 Å². The van der Waals surface area contributed by atoms with Crippen LogP contribution in [-0.2, 0) is 19.1 Å². The van der Waals surface area contributed by atoms with Crippen LogP contribution in [0.15, 0.2) is 169 Å². The number of allylic oxidation sites excluding steroid dienone is 7. The zero-order valence-corrected chi connectivity index (χ0v) is 29.2. The van der Waals surface area contributed by atoms with Crippen molar-refractivity contribution in [3.63, 3.8) is 0 Å².